The van der Waals surface area contributed by atoms with Gasteiger partial charge in [0.15, 0.2) is 0 Å². The molecule has 1 fully saturated rings. The van der Waals surface area contributed by atoms with Gasteiger partial charge >= 0.3 is 5.97 Å². The van der Waals surface area contributed by atoms with Crippen molar-refractivity contribution < 1.29 is 14.8 Å². The highest BCUT2D eigenvalue weighted by Gasteiger charge is 2.52. The van der Waals surface area contributed by atoms with Crippen molar-refractivity contribution in [2.45, 2.75) is 18.3 Å². The number of nitro benzene ring substituents is 1. The Morgan fingerprint density at radius 2 is 2.12 bits per heavy atom. The molecule has 0 spiro atoms. The molecule has 16 heavy (non-hydrogen) atoms. The second-order valence-electron chi connectivity index (χ2n) is 3.81. The van der Waals surface area contributed by atoms with Crippen LogP contribution in [0.4, 0.5) is 5.69 Å². The van der Waals surface area contributed by atoms with Crippen LogP contribution < -0.4 is 0 Å². The van der Waals surface area contributed by atoms with E-state index in [1.165, 1.54) is 18.2 Å². The molecule has 0 saturated heterocycles. The van der Waals surface area contributed by atoms with Gasteiger partial charge in [0.1, 0.15) is 0 Å². The third kappa shape index (κ3) is 1.59. The van der Waals surface area contributed by atoms with Gasteiger partial charge in [-0.15, -0.1) is 0 Å². The largest absolute Gasteiger partial charge is 0.481 e. The summed E-state index contributed by atoms with van der Waals surface area (Å²) < 4.78 is 0.488. The lowest BCUT2D eigenvalue weighted by Gasteiger charge is -2.11. The zero-order valence-electron chi connectivity index (χ0n) is 8.14. The van der Waals surface area contributed by atoms with E-state index in [0.717, 1.165) is 0 Å². The first-order chi connectivity index (χ1) is 7.47. The van der Waals surface area contributed by atoms with Crippen molar-refractivity contribution in [2.75, 3.05) is 0 Å². The van der Waals surface area contributed by atoms with Crippen LogP contribution in [0.3, 0.4) is 0 Å². The molecule has 5 nitrogen and oxygen atoms in total. The average Bonchev–Trinajstić information content (AvgIpc) is 2.98. The zero-order valence-corrected chi connectivity index (χ0v) is 9.73. The summed E-state index contributed by atoms with van der Waals surface area (Å²) in [6.07, 6.45) is 1.16. The number of halogens is 1. The Kier molecular flexibility index (Phi) is 2.46. The lowest BCUT2D eigenvalue weighted by atomic mass is 9.96. The van der Waals surface area contributed by atoms with E-state index < -0.39 is 16.3 Å². The second kappa shape index (κ2) is 3.55. The average molecular weight is 286 g/mol. The standard InChI is InChI=1S/C10H8BrNO4/c11-8-5-6(12(15)16)1-2-7(8)10(3-4-10)9(13)14/h1-2,5H,3-4H2,(H,13,14). The van der Waals surface area contributed by atoms with Gasteiger partial charge in [-0.2, -0.15) is 0 Å². The highest BCUT2D eigenvalue weighted by atomic mass is 79.9. The first kappa shape index (κ1) is 11.1. The first-order valence-corrected chi connectivity index (χ1v) is 5.44. The van der Waals surface area contributed by atoms with Crippen molar-refractivity contribution in [2.24, 2.45) is 0 Å². The van der Waals surface area contributed by atoms with Crippen molar-refractivity contribution in [1.29, 1.82) is 0 Å². The molecule has 1 aromatic carbocycles. The molecule has 1 saturated carbocycles. The summed E-state index contributed by atoms with van der Waals surface area (Å²) in [7, 11) is 0. The number of carbonyl (C=O) groups is 1. The fourth-order valence-electron chi connectivity index (χ4n) is 1.73. The molecule has 84 valence electrons. The number of hydrogen-bond donors (Lipinski definition) is 1. The van der Waals surface area contributed by atoms with E-state index in [-0.39, 0.29) is 5.69 Å². The summed E-state index contributed by atoms with van der Waals surface area (Å²) in [5.74, 6) is -0.873. The number of nitrogens with zero attached hydrogens (tertiary/aromatic N) is 1. The van der Waals surface area contributed by atoms with Gasteiger partial charge < -0.3 is 5.11 Å². The van der Waals surface area contributed by atoms with Gasteiger partial charge in [-0.05, 0) is 24.5 Å². The van der Waals surface area contributed by atoms with Crippen molar-refractivity contribution in [3.63, 3.8) is 0 Å². The minimum atomic E-state index is -0.873. The Labute approximate surface area is 99.4 Å². The SMILES string of the molecule is O=C(O)C1(c2ccc([N+](=O)[O-])cc2Br)CC1. The fraction of sp³-hybridized carbons (Fsp3) is 0.300. The van der Waals surface area contributed by atoms with Crippen LogP contribution >= 0.6 is 15.9 Å². The maximum atomic E-state index is 11.1. The molecule has 1 aromatic rings. The lowest BCUT2D eigenvalue weighted by molar-refractivity contribution is -0.384. The van der Waals surface area contributed by atoms with Gasteiger partial charge in [0.05, 0.1) is 10.3 Å². The molecular formula is C10H8BrNO4. The van der Waals surface area contributed by atoms with E-state index in [4.69, 9.17) is 5.11 Å². The van der Waals surface area contributed by atoms with Crippen LogP contribution in [0.5, 0.6) is 0 Å². The number of non-ortho nitro benzene ring substituents is 1. The molecule has 0 aliphatic heterocycles. The number of carboxylic acid groups (broad SMARTS) is 1. The van der Waals surface area contributed by atoms with Crippen LogP contribution in [0.1, 0.15) is 18.4 Å². The predicted molar refractivity (Wildman–Crippen MR) is 59.3 cm³/mol. The van der Waals surface area contributed by atoms with Crippen molar-refractivity contribution in [3.8, 4) is 0 Å². The van der Waals surface area contributed by atoms with Gasteiger partial charge in [-0.1, -0.05) is 15.9 Å². The van der Waals surface area contributed by atoms with Crippen LogP contribution in [-0.4, -0.2) is 16.0 Å². The summed E-state index contributed by atoms with van der Waals surface area (Å²) in [6.45, 7) is 0. The Morgan fingerprint density at radius 3 is 2.50 bits per heavy atom. The third-order valence-electron chi connectivity index (χ3n) is 2.84. The summed E-state index contributed by atoms with van der Waals surface area (Å²) in [5.41, 5.74) is -0.268. The van der Waals surface area contributed by atoms with Crippen LogP contribution in [0.25, 0.3) is 0 Å². The number of carboxylic acids is 1. The van der Waals surface area contributed by atoms with Crippen LogP contribution in [0.2, 0.25) is 0 Å². The molecule has 0 amide bonds. The Hall–Kier alpha value is -1.43. The number of aliphatic carboxylic acids is 1. The lowest BCUT2D eigenvalue weighted by Crippen LogP contribution is -2.20. The molecule has 1 aliphatic rings. The van der Waals surface area contributed by atoms with Crippen molar-refractivity contribution in [3.05, 3.63) is 38.3 Å². The summed E-state index contributed by atoms with van der Waals surface area (Å²) in [5, 5.41) is 19.6. The summed E-state index contributed by atoms with van der Waals surface area (Å²) in [6, 6.07) is 4.20. The number of nitro groups is 1. The maximum Gasteiger partial charge on any atom is 0.314 e. The Balaban J connectivity index is 2.45. The Bertz CT molecular complexity index is 482. The smallest absolute Gasteiger partial charge is 0.314 e. The molecule has 0 unspecified atom stereocenters. The van der Waals surface area contributed by atoms with Crippen molar-refractivity contribution >= 4 is 27.6 Å². The normalized spacial score (nSPS) is 16.8. The maximum absolute atomic E-state index is 11.1. The van der Waals surface area contributed by atoms with E-state index in [1.807, 2.05) is 0 Å². The van der Waals surface area contributed by atoms with Gasteiger partial charge in [0.25, 0.3) is 5.69 Å². The molecule has 0 atom stereocenters. The second-order valence-corrected chi connectivity index (χ2v) is 4.66. The van der Waals surface area contributed by atoms with Gasteiger partial charge in [0, 0.05) is 16.6 Å². The third-order valence-corrected chi connectivity index (χ3v) is 3.49. The van der Waals surface area contributed by atoms with Gasteiger partial charge in [0.2, 0.25) is 0 Å². The first-order valence-electron chi connectivity index (χ1n) is 4.65. The summed E-state index contributed by atoms with van der Waals surface area (Å²) in [4.78, 5) is 21.1. The van der Waals surface area contributed by atoms with Crippen molar-refractivity contribution in [1.82, 2.24) is 0 Å². The molecule has 2 rings (SSSR count). The van der Waals surface area contributed by atoms with E-state index in [9.17, 15) is 14.9 Å². The number of hydrogen-bond acceptors (Lipinski definition) is 3. The molecule has 6 heteroatoms. The highest BCUT2D eigenvalue weighted by molar-refractivity contribution is 9.10. The number of benzene rings is 1. The quantitative estimate of drug-likeness (QED) is 0.683. The Morgan fingerprint density at radius 1 is 1.50 bits per heavy atom. The van der Waals surface area contributed by atoms with Gasteiger partial charge in [-0.3, -0.25) is 14.9 Å². The molecule has 0 aromatic heterocycles. The zero-order chi connectivity index (χ0) is 11.9. The molecule has 1 N–H and O–H groups in total. The van der Waals surface area contributed by atoms with E-state index in [0.29, 0.717) is 22.9 Å². The van der Waals surface area contributed by atoms with Crippen LogP contribution in [0, 0.1) is 10.1 Å². The van der Waals surface area contributed by atoms with Crippen LogP contribution in [0.15, 0.2) is 22.7 Å². The molecule has 0 bridgehead atoms. The van der Waals surface area contributed by atoms with E-state index in [1.54, 1.807) is 0 Å². The molecule has 1 aliphatic carbocycles. The minimum absolute atomic E-state index is 0.0446. The molecular weight excluding hydrogens is 278 g/mol. The van der Waals surface area contributed by atoms with E-state index >= 15 is 0 Å². The topological polar surface area (TPSA) is 80.4 Å². The predicted octanol–water partition coefficient (Wildman–Crippen LogP) is 2.47. The fourth-order valence-corrected chi connectivity index (χ4v) is 2.48. The van der Waals surface area contributed by atoms with E-state index in [2.05, 4.69) is 15.9 Å². The molecule has 0 heterocycles. The highest BCUT2D eigenvalue weighted by Crippen LogP contribution is 2.51. The summed E-state index contributed by atoms with van der Waals surface area (Å²) >= 11 is 3.19. The minimum Gasteiger partial charge on any atom is -0.481 e. The monoisotopic (exact) mass is 285 g/mol. The van der Waals surface area contributed by atoms with Crippen LogP contribution in [-0.2, 0) is 10.2 Å². The molecule has 0 radical (unpaired) electrons. The van der Waals surface area contributed by atoms with Gasteiger partial charge in [-0.25, -0.2) is 0 Å². The number of rotatable bonds is 3.